The van der Waals surface area contributed by atoms with E-state index in [1.54, 1.807) is 0 Å². The Morgan fingerprint density at radius 3 is 1.63 bits per heavy atom. The number of rotatable bonds is 10. The van der Waals surface area contributed by atoms with Crippen LogP contribution in [0.5, 0.6) is 0 Å². The SMILES string of the molecule is CC1(C)CC(COCCCC[P+](c2ccccc2)(c2ccccc2)c2ccccc2)C(C)(C)N1[O]. The third-order valence-electron chi connectivity index (χ3n) is 7.76. The molecule has 0 aromatic heterocycles. The molecule has 4 heteroatoms. The first-order chi connectivity index (χ1) is 16.8. The molecule has 0 saturated carbocycles. The highest BCUT2D eigenvalue weighted by Crippen LogP contribution is 2.56. The Kier molecular flexibility index (Phi) is 8.13. The average molecular weight is 490 g/mol. The van der Waals surface area contributed by atoms with E-state index in [2.05, 4.69) is 105 Å². The van der Waals surface area contributed by atoms with Crippen molar-refractivity contribution in [2.75, 3.05) is 19.4 Å². The molecule has 1 aliphatic rings. The maximum atomic E-state index is 12.7. The fourth-order valence-electron chi connectivity index (χ4n) is 5.81. The van der Waals surface area contributed by atoms with E-state index in [4.69, 9.17) is 4.74 Å². The van der Waals surface area contributed by atoms with Crippen LogP contribution < -0.4 is 15.9 Å². The van der Waals surface area contributed by atoms with Crippen LogP contribution in [0, 0.1) is 5.92 Å². The summed E-state index contributed by atoms with van der Waals surface area (Å²) in [5.74, 6) is 0.263. The minimum absolute atomic E-state index is 0.263. The van der Waals surface area contributed by atoms with Crippen LogP contribution >= 0.6 is 7.26 Å². The van der Waals surface area contributed by atoms with Gasteiger partial charge >= 0.3 is 0 Å². The van der Waals surface area contributed by atoms with Gasteiger partial charge in [0.1, 0.15) is 23.2 Å². The van der Waals surface area contributed by atoms with E-state index in [9.17, 15) is 5.21 Å². The Hall–Kier alpha value is -2.03. The Labute approximate surface area is 212 Å². The molecule has 0 aliphatic carbocycles. The summed E-state index contributed by atoms with van der Waals surface area (Å²) < 4.78 is 6.17. The van der Waals surface area contributed by atoms with Gasteiger partial charge in [0.05, 0.1) is 12.8 Å². The molecule has 1 radical (unpaired) electrons. The van der Waals surface area contributed by atoms with Crippen molar-refractivity contribution in [2.24, 2.45) is 5.92 Å². The van der Waals surface area contributed by atoms with Gasteiger partial charge in [-0.05, 0) is 83.4 Å². The van der Waals surface area contributed by atoms with Crippen molar-refractivity contribution < 1.29 is 9.94 Å². The molecule has 4 rings (SSSR count). The predicted molar refractivity (Wildman–Crippen MR) is 149 cm³/mol. The monoisotopic (exact) mass is 489 g/mol. The predicted octanol–water partition coefficient (Wildman–Crippen LogP) is 6.00. The number of unbranched alkanes of at least 4 members (excludes halogenated alkanes) is 1. The Balaban J connectivity index is 1.47. The summed E-state index contributed by atoms with van der Waals surface area (Å²) in [5, 5.41) is 18.3. The molecule has 0 spiro atoms. The number of hydrogen-bond donors (Lipinski definition) is 0. The van der Waals surface area contributed by atoms with Crippen LogP contribution in [0.1, 0.15) is 47.0 Å². The van der Waals surface area contributed by atoms with E-state index in [-0.39, 0.29) is 17.0 Å². The summed E-state index contributed by atoms with van der Waals surface area (Å²) in [5.41, 5.74) is -0.694. The molecule has 3 nitrogen and oxygen atoms in total. The van der Waals surface area contributed by atoms with Gasteiger partial charge < -0.3 is 4.74 Å². The van der Waals surface area contributed by atoms with E-state index in [1.165, 1.54) is 21.0 Å². The number of ether oxygens (including phenoxy) is 1. The average Bonchev–Trinajstić information content (AvgIpc) is 3.04. The van der Waals surface area contributed by atoms with Crippen molar-refractivity contribution in [3.8, 4) is 0 Å². The number of hydrogen-bond acceptors (Lipinski definition) is 2. The molecule has 0 N–H and O–H groups in total. The van der Waals surface area contributed by atoms with Crippen molar-refractivity contribution in [1.82, 2.24) is 5.06 Å². The van der Waals surface area contributed by atoms with Crippen molar-refractivity contribution >= 4 is 23.2 Å². The first kappa shape index (κ1) is 26.0. The molecule has 185 valence electrons. The largest absolute Gasteiger partial charge is 0.381 e. The zero-order chi connectivity index (χ0) is 24.9. The van der Waals surface area contributed by atoms with Gasteiger partial charge in [0.25, 0.3) is 0 Å². The van der Waals surface area contributed by atoms with Gasteiger partial charge in [0, 0.05) is 23.6 Å². The zero-order valence-corrected chi connectivity index (χ0v) is 22.6. The molecule has 1 aliphatic heterocycles. The summed E-state index contributed by atoms with van der Waals surface area (Å²) in [7, 11) is -1.77. The van der Waals surface area contributed by atoms with Crippen LogP contribution in [0.25, 0.3) is 0 Å². The molecule has 0 amide bonds. The Morgan fingerprint density at radius 1 is 0.771 bits per heavy atom. The van der Waals surface area contributed by atoms with Crippen LogP contribution in [0.2, 0.25) is 0 Å². The smallest absolute Gasteiger partial charge is 0.112 e. The normalized spacial score (nSPS) is 19.6. The van der Waals surface area contributed by atoms with E-state index in [0.717, 1.165) is 32.0 Å². The fraction of sp³-hybridized carbons (Fsp3) is 0.419. The van der Waals surface area contributed by atoms with Crippen LogP contribution in [0.15, 0.2) is 91.0 Å². The summed E-state index contributed by atoms with van der Waals surface area (Å²) in [6.07, 6.45) is 4.12. The summed E-state index contributed by atoms with van der Waals surface area (Å²) in [4.78, 5) is 0. The van der Waals surface area contributed by atoms with Crippen molar-refractivity contribution in [3.63, 3.8) is 0 Å². The quantitative estimate of drug-likeness (QED) is 0.258. The first-order valence-corrected chi connectivity index (χ1v) is 14.9. The van der Waals surface area contributed by atoms with Crippen LogP contribution in [-0.4, -0.2) is 35.5 Å². The highest BCUT2D eigenvalue weighted by atomic mass is 31.2. The zero-order valence-electron chi connectivity index (χ0n) is 21.7. The van der Waals surface area contributed by atoms with Crippen LogP contribution in [0.4, 0.5) is 0 Å². The number of nitrogens with zero attached hydrogens (tertiary/aromatic N) is 1. The number of benzene rings is 3. The van der Waals surface area contributed by atoms with E-state index in [1.807, 2.05) is 13.8 Å². The lowest BCUT2D eigenvalue weighted by Crippen LogP contribution is -2.46. The molecular weight excluding hydrogens is 449 g/mol. The highest BCUT2D eigenvalue weighted by Gasteiger charge is 2.52. The summed E-state index contributed by atoms with van der Waals surface area (Å²) in [6.45, 7) is 9.60. The van der Waals surface area contributed by atoms with Gasteiger partial charge in [-0.3, -0.25) is 0 Å². The van der Waals surface area contributed by atoms with E-state index in [0.29, 0.717) is 6.61 Å². The molecule has 1 fully saturated rings. The van der Waals surface area contributed by atoms with E-state index >= 15 is 0 Å². The third-order valence-corrected chi connectivity index (χ3v) is 12.3. The molecule has 1 heterocycles. The third kappa shape index (κ3) is 5.39. The molecule has 3 aromatic rings. The lowest BCUT2D eigenvalue weighted by atomic mass is 9.88. The van der Waals surface area contributed by atoms with Gasteiger partial charge in [0.15, 0.2) is 0 Å². The molecule has 35 heavy (non-hydrogen) atoms. The maximum Gasteiger partial charge on any atom is 0.112 e. The second-order valence-electron chi connectivity index (χ2n) is 11.0. The minimum atomic E-state index is -1.77. The summed E-state index contributed by atoms with van der Waals surface area (Å²) >= 11 is 0. The lowest BCUT2D eigenvalue weighted by Gasteiger charge is -2.33. The molecule has 1 unspecified atom stereocenters. The van der Waals surface area contributed by atoms with Crippen molar-refractivity contribution in [2.45, 2.75) is 58.0 Å². The Morgan fingerprint density at radius 2 is 1.23 bits per heavy atom. The van der Waals surface area contributed by atoms with E-state index < -0.39 is 7.26 Å². The molecular formula is C31H40NO2P+. The Bertz CT molecular complexity index is 956. The van der Waals surface area contributed by atoms with Gasteiger partial charge in [-0.15, -0.1) is 10.3 Å². The van der Waals surface area contributed by atoms with Gasteiger partial charge in [-0.2, -0.15) is 0 Å². The molecule has 3 aromatic carbocycles. The van der Waals surface area contributed by atoms with Crippen LogP contribution in [0.3, 0.4) is 0 Å². The van der Waals surface area contributed by atoms with Gasteiger partial charge in [-0.1, -0.05) is 54.6 Å². The molecule has 0 bridgehead atoms. The first-order valence-electron chi connectivity index (χ1n) is 12.9. The standard InChI is InChI=1S/C31H40NO2P/c1-30(2)24-26(31(3,4)32(30)33)25-34-22-14-15-23-35(27-16-8-5-9-17-27,28-18-10-6-11-19-28)29-20-12-7-13-21-29/h5-13,16-21,26H,14-15,22-25H2,1-4H3/q+1. The second-order valence-corrected chi connectivity index (χ2v) is 14.6. The van der Waals surface area contributed by atoms with Gasteiger partial charge in [0.2, 0.25) is 0 Å². The maximum absolute atomic E-state index is 12.7. The second kappa shape index (κ2) is 10.9. The highest BCUT2D eigenvalue weighted by molar-refractivity contribution is 7.95. The van der Waals surface area contributed by atoms with Gasteiger partial charge in [-0.25, -0.2) is 0 Å². The lowest BCUT2D eigenvalue weighted by molar-refractivity contribution is -0.249. The number of hydroxylamine groups is 2. The van der Waals surface area contributed by atoms with Crippen molar-refractivity contribution in [1.29, 1.82) is 0 Å². The molecule has 1 saturated heterocycles. The summed E-state index contributed by atoms with van der Waals surface area (Å²) in [6, 6.07) is 33.2. The fourth-order valence-corrected chi connectivity index (χ4v) is 10.2. The van der Waals surface area contributed by atoms with Crippen LogP contribution in [-0.2, 0) is 9.94 Å². The molecule has 1 atom stereocenters. The topological polar surface area (TPSA) is 32.4 Å². The minimum Gasteiger partial charge on any atom is -0.381 e. The van der Waals surface area contributed by atoms with Crippen molar-refractivity contribution in [3.05, 3.63) is 91.0 Å².